The molecule has 0 atom stereocenters. The van der Waals surface area contributed by atoms with E-state index in [1.165, 1.54) is 24.3 Å². The number of aliphatic imine (C=N–C) groups is 1. The first kappa shape index (κ1) is 21.8. The molecule has 2 aromatic rings. The Hall–Kier alpha value is -2.23. The minimum absolute atomic E-state index is 0. The van der Waals surface area contributed by atoms with Crippen LogP contribution < -0.4 is 16.0 Å². The maximum atomic E-state index is 13.5. The summed E-state index contributed by atoms with van der Waals surface area (Å²) in [6, 6.07) is 12.2. The topological polar surface area (TPSA) is 65.5 Å². The van der Waals surface area contributed by atoms with Crippen LogP contribution in [0.3, 0.4) is 0 Å². The Kier molecular flexibility index (Phi) is 9.56. The summed E-state index contributed by atoms with van der Waals surface area (Å²) in [7, 11) is 1.57. The second-order valence-corrected chi connectivity index (χ2v) is 5.25. The van der Waals surface area contributed by atoms with Gasteiger partial charge >= 0.3 is 0 Å². The van der Waals surface area contributed by atoms with Crippen molar-refractivity contribution in [2.24, 2.45) is 4.99 Å². The van der Waals surface area contributed by atoms with Crippen LogP contribution >= 0.6 is 24.0 Å². The molecule has 0 spiro atoms. The minimum atomic E-state index is -0.420. The van der Waals surface area contributed by atoms with Crippen molar-refractivity contribution in [3.05, 3.63) is 65.7 Å². The molecule has 0 bridgehead atoms. The Morgan fingerprint density at radius 1 is 1.08 bits per heavy atom. The highest BCUT2D eigenvalue weighted by molar-refractivity contribution is 14.0. The Bertz CT molecular complexity index is 755. The molecule has 1 amide bonds. The molecule has 8 heteroatoms. The number of hydrogen-bond donors (Lipinski definition) is 3. The van der Waals surface area contributed by atoms with Crippen LogP contribution in [-0.2, 0) is 11.2 Å². The molecule has 0 saturated heterocycles. The van der Waals surface area contributed by atoms with Gasteiger partial charge < -0.3 is 16.0 Å². The van der Waals surface area contributed by atoms with Crippen LogP contribution in [0.25, 0.3) is 0 Å². The number of hydrogen-bond acceptors (Lipinski definition) is 2. The lowest BCUT2D eigenvalue weighted by molar-refractivity contribution is -0.115. The van der Waals surface area contributed by atoms with Gasteiger partial charge in [0, 0.05) is 19.3 Å². The van der Waals surface area contributed by atoms with Crippen molar-refractivity contribution in [3.63, 3.8) is 0 Å². The van der Waals surface area contributed by atoms with Gasteiger partial charge in [0.2, 0.25) is 5.91 Å². The summed E-state index contributed by atoms with van der Waals surface area (Å²) in [5.41, 5.74) is 0.989. The number of anilines is 1. The monoisotopic (exact) mass is 474 g/mol. The highest BCUT2D eigenvalue weighted by Gasteiger charge is 2.06. The van der Waals surface area contributed by atoms with Gasteiger partial charge in [-0.25, -0.2) is 8.78 Å². The normalized spacial score (nSPS) is 10.7. The fourth-order valence-electron chi connectivity index (χ4n) is 2.17. The van der Waals surface area contributed by atoms with Crippen molar-refractivity contribution >= 4 is 41.5 Å². The van der Waals surface area contributed by atoms with Crippen molar-refractivity contribution in [2.75, 3.05) is 25.5 Å². The number of carbonyl (C=O) groups excluding carboxylic acids is 1. The molecule has 0 heterocycles. The van der Waals surface area contributed by atoms with Crippen molar-refractivity contribution in [1.82, 2.24) is 10.6 Å². The van der Waals surface area contributed by atoms with Crippen LogP contribution in [0.1, 0.15) is 5.56 Å². The van der Waals surface area contributed by atoms with Crippen LogP contribution in [0.2, 0.25) is 0 Å². The summed E-state index contributed by atoms with van der Waals surface area (Å²) in [6.07, 6.45) is 0.489. The number of halogens is 3. The van der Waals surface area contributed by atoms with E-state index in [0.717, 1.165) is 0 Å². The Morgan fingerprint density at radius 3 is 2.54 bits per heavy atom. The summed E-state index contributed by atoms with van der Waals surface area (Å²) < 4.78 is 26.6. The third kappa shape index (κ3) is 7.34. The van der Waals surface area contributed by atoms with E-state index in [-0.39, 0.29) is 42.2 Å². The number of nitrogens with one attached hydrogen (secondary N) is 3. The summed E-state index contributed by atoms with van der Waals surface area (Å²) in [5, 5.41) is 8.43. The van der Waals surface area contributed by atoms with E-state index < -0.39 is 5.82 Å². The van der Waals surface area contributed by atoms with E-state index >= 15 is 0 Å². The van der Waals surface area contributed by atoms with Crippen LogP contribution in [0.5, 0.6) is 0 Å². The highest BCUT2D eigenvalue weighted by atomic mass is 127. The molecule has 0 fully saturated rings. The molecule has 0 aliphatic rings. The average Bonchev–Trinajstić information content (AvgIpc) is 2.59. The van der Waals surface area contributed by atoms with Gasteiger partial charge in [0.15, 0.2) is 5.96 Å². The standard InChI is InChI=1S/C18H20F2N4O.HI/c1-21-18(22-10-9-13-5-2-3-8-16(13)20)23-12-17(25)24-15-7-4-6-14(19)11-15;/h2-8,11H,9-10,12H2,1H3,(H,24,25)(H2,21,22,23);1H. The summed E-state index contributed by atoms with van der Waals surface area (Å²) in [6.45, 7) is 0.433. The summed E-state index contributed by atoms with van der Waals surface area (Å²) in [5.74, 6) is -0.577. The van der Waals surface area contributed by atoms with E-state index in [1.807, 2.05) is 0 Å². The van der Waals surface area contributed by atoms with Crippen LogP contribution in [0, 0.1) is 11.6 Å². The number of nitrogens with zero attached hydrogens (tertiary/aromatic N) is 1. The van der Waals surface area contributed by atoms with Crippen molar-refractivity contribution in [3.8, 4) is 0 Å². The molecule has 3 N–H and O–H groups in total. The fraction of sp³-hybridized carbons (Fsp3) is 0.222. The predicted molar refractivity (Wildman–Crippen MR) is 110 cm³/mol. The lowest BCUT2D eigenvalue weighted by Crippen LogP contribution is -2.42. The van der Waals surface area contributed by atoms with Gasteiger partial charge in [-0.05, 0) is 36.2 Å². The Balaban J connectivity index is 0.00000338. The third-order valence-corrected chi connectivity index (χ3v) is 3.39. The zero-order chi connectivity index (χ0) is 18.1. The Morgan fingerprint density at radius 2 is 1.85 bits per heavy atom. The highest BCUT2D eigenvalue weighted by Crippen LogP contribution is 2.08. The first-order valence-electron chi connectivity index (χ1n) is 7.82. The molecule has 2 aromatic carbocycles. The van der Waals surface area contributed by atoms with Crippen LogP contribution in [-0.4, -0.2) is 32.0 Å². The smallest absolute Gasteiger partial charge is 0.243 e. The lowest BCUT2D eigenvalue weighted by Gasteiger charge is -2.12. The molecule has 0 aliphatic carbocycles. The summed E-state index contributed by atoms with van der Waals surface area (Å²) in [4.78, 5) is 15.9. The second kappa shape index (κ2) is 11.4. The van der Waals surface area contributed by atoms with Gasteiger partial charge in [-0.1, -0.05) is 24.3 Å². The molecular weight excluding hydrogens is 453 g/mol. The molecule has 0 unspecified atom stereocenters. The van der Waals surface area contributed by atoms with Gasteiger partial charge in [0.25, 0.3) is 0 Å². The van der Waals surface area contributed by atoms with E-state index in [9.17, 15) is 13.6 Å². The second-order valence-electron chi connectivity index (χ2n) is 5.25. The third-order valence-electron chi connectivity index (χ3n) is 3.39. The number of amides is 1. The molecule has 0 aromatic heterocycles. The fourth-order valence-corrected chi connectivity index (χ4v) is 2.17. The summed E-state index contributed by atoms with van der Waals surface area (Å²) >= 11 is 0. The molecule has 26 heavy (non-hydrogen) atoms. The lowest BCUT2D eigenvalue weighted by atomic mass is 10.1. The molecule has 0 radical (unpaired) electrons. The maximum Gasteiger partial charge on any atom is 0.243 e. The first-order valence-corrected chi connectivity index (χ1v) is 7.82. The molecule has 0 saturated carbocycles. The number of guanidine groups is 1. The first-order chi connectivity index (χ1) is 12.1. The van der Waals surface area contributed by atoms with Gasteiger partial charge in [-0.15, -0.1) is 24.0 Å². The van der Waals surface area contributed by atoms with Gasteiger partial charge in [0.05, 0.1) is 6.54 Å². The Labute approximate surface area is 168 Å². The molecule has 140 valence electrons. The van der Waals surface area contributed by atoms with E-state index in [4.69, 9.17) is 0 Å². The van der Waals surface area contributed by atoms with Crippen LogP contribution in [0.15, 0.2) is 53.5 Å². The maximum absolute atomic E-state index is 13.5. The molecular formula is C18H21F2IN4O. The number of benzene rings is 2. The molecule has 2 rings (SSSR count). The van der Waals surface area contributed by atoms with Gasteiger partial charge in [-0.2, -0.15) is 0 Å². The SMILES string of the molecule is CN=C(NCCc1ccccc1F)NCC(=O)Nc1cccc(F)c1.I. The van der Waals surface area contributed by atoms with E-state index in [2.05, 4.69) is 20.9 Å². The molecule has 5 nitrogen and oxygen atoms in total. The van der Waals surface area contributed by atoms with Crippen molar-refractivity contribution in [2.45, 2.75) is 6.42 Å². The van der Waals surface area contributed by atoms with E-state index in [0.29, 0.717) is 30.2 Å². The minimum Gasteiger partial charge on any atom is -0.356 e. The van der Waals surface area contributed by atoms with Crippen molar-refractivity contribution < 1.29 is 13.6 Å². The molecule has 0 aliphatic heterocycles. The van der Waals surface area contributed by atoms with Crippen molar-refractivity contribution in [1.29, 1.82) is 0 Å². The predicted octanol–water partition coefficient (Wildman–Crippen LogP) is 2.93. The quantitative estimate of drug-likeness (QED) is 0.343. The zero-order valence-electron chi connectivity index (χ0n) is 14.3. The zero-order valence-corrected chi connectivity index (χ0v) is 16.6. The van der Waals surface area contributed by atoms with Gasteiger partial charge in [-0.3, -0.25) is 9.79 Å². The number of carbonyl (C=O) groups is 1. The largest absolute Gasteiger partial charge is 0.356 e. The average molecular weight is 474 g/mol. The van der Waals surface area contributed by atoms with Crippen LogP contribution in [0.4, 0.5) is 14.5 Å². The van der Waals surface area contributed by atoms with E-state index in [1.54, 1.807) is 31.3 Å². The number of rotatable bonds is 6. The van der Waals surface area contributed by atoms with Gasteiger partial charge in [0.1, 0.15) is 11.6 Å².